The Bertz CT molecular complexity index is 894. The summed E-state index contributed by atoms with van der Waals surface area (Å²) >= 11 is 0. The Balaban J connectivity index is 1.63. The number of anilines is 2. The molecule has 0 atom stereocenters. The summed E-state index contributed by atoms with van der Waals surface area (Å²) < 4.78 is 10.2. The van der Waals surface area contributed by atoms with Gasteiger partial charge in [-0.2, -0.15) is 0 Å². The molecule has 0 unspecified atom stereocenters. The number of amides is 2. The van der Waals surface area contributed by atoms with E-state index in [1.165, 1.54) is 0 Å². The zero-order valence-corrected chi connectivity index (χ0v) is 17.4. The fraction of sp³-hybridized carbons (Fsp3) is 0.409. The minimum absolute atomic E-state index is 0.117. The number of carbonyl (C=O) groups is 2. The number of nitrogens with one attached hydrogen (secondary N) is 1. The molecule has 2 amide bonds. The van der Waals surface area contributed by atoms with E-state index in [0.29, 0.717) is 43.1 Å². The first-order chi connectivity index (χ1) is 14.5. The molecule has 0 aliphatic carbocycles. The number of methoxy groups -OCH3 is 2. The lowest BCUT2D eigenvalue weighted by atomic mass is 9.92. The number of nitrogens with zero attached hydrogens (tertiary/aromatic N) is 2. The number of pyridine rings is 1. The predicted molar refractivity (Wildman–Crippen MR) is 115 cm³/mol. The second kappa shape index (κ2) is 10.1. The van der Waals surface area contributed by atoms with E-state index in [1.807, 2.05) is 23.1 Å². The first-order valence-electron chi connectivity index (χ1n) is 10.0. The van der Waals surface area contributed by atoms with Crippen molar-refractivity contribution < 1.29 is 19.1 Å². The highest BCUT2D eigenvalue weighted by molar-refractivity contribution is 6.07. The Morgan fingerprint density at radius 1 is 1.17 bits per heavy atom. The van der Waals surface area contributed by atoms with E-state index >= 15 is 0 Å². The highest BCUT2D eigenvalue weighted by Gasteiger charge is 2.25. The molecule has 1 aliphatic rings. The number of ether oxygens (including phenoxy) is 2. The second-order valence-electron chi connectivity index (χ2n) is 7.22. The Morgan fingerprint density at radius 2 is 1.90 bits per heavy atom. The maximum Gasteiger partial charge on any atom is 0.259 e. The SMILES string of the molecule is COCCC(=O)N1CCC(c2ccc(C(=O)Nc3ccccc3OC)c(N)n2)CC1. The number of nitrogens with two attached hydrogens (primary N) is 1. The highest BCUT2D eigenvalue weighted by Crippen LogP contribution is 2.29. The number of carbonyl (C=O) groups excluding carboxylic acids is 2. The molecule has 160 valence electrons. The number of aromatic nitrogens is 1. The number of hydrogen-bond donors (Lipinski definition) is 2. The van der Waals surface area contributed by atoms with Gasteiger partial charge in [0.05, 0.1) is 31.4 Å². The molecule has 0 radical (unpaired) electrons. The van der Waals surface area contributed by atoms with Crippen molar-refractivity contribution in [2.24, 2.45) is 0 Å². The van der Waals surface area contributed by atoms with E-state index in [9.17, 15) is 9.59 Å². The standard InChI is InChI=1S/C22H28N4O4/c1-29-14-11-20(27)26-12-9-15(10-13-26)17-8-7-16(21(23)24-17)22(28)25-18-5-3-4-6-19(18)30-2/h3-8,15H,9-14H2,1-2H3,(H2,23,24)(H,25,28). The molecule has 8 nitrogen and oxygen atoms in total. The van der Waals surface area contributed by atoms with Crippen molar-refractivity contribution in [2.75, 3.05) is 45.0 Å². The molecule has 3 rings (SSSR count). The topological polar surface area (TPSA) is 107 Å². The lowest BCUT2D eigenvalue weighted by molar-refractivity contribution is -0.133. The summed E-state index contributed by atoms with van der Waals surface area (Å²) in [6.45, 7) is 1.81. The number of piperidine rings is 1. The van der Waals surface area contributed by atoms with Crippen molar-refractivity contribution in [3.63, 3.8) is 0 Å². The van der Waals surface area contributed by atoms with E-state index in [4.69, 9.17) is 15.2 Å². The number of rotatable bonds is 7. The molecule has 30 heavy (non-hydrogen) atoms. The largest absolute Gasteiger partial charge is 0.495 e. The van der Waals surface area contributed by atoms with Gasteiger partial charge in [-0.1, -0.05) is 12.1 Å². The smallest absolute Gasteiger partial charge is 0.259 e. The summed E-state index contributed by atoms with van der Waals surface area (Å²) in [6, 6.07) is 10.7. The molecular weight excluding hydrogens is 384 g/mol. The highest BCUT2D eigenvalue weighted by atomic mass is 16.5. The number of nitrogen functional groups attached to an aromatic ring is 1. The van der Waals surface area contributed by atoms with Gasteiger partial charge in [-0.05, 0) is 37.1 Å². The fourth-order valence-electron chi connectivity index (χ4n) is 3.62. The first kappa shape index (κ1) is 21.6. The van der Waals surface area contributed by atoms with Gasteiger partial charge in [-0.3, -0.25) is 9.59 Å². The molecule has 0 spiro atoms. The Hall–Kier alpha value is -3.13. The van der Waals surface area contributed by atoms with Gasteiger partial charge < -0.3 is 25.4 Å². The zero-order valence-electron chi connectivity index (χ0n) is 17.4. The van der Waals surface area contributed by atoms with E-state index < -0.39 is 0 Å². The van der Waals surface area contributed by atoms with E-state index in [1.54, 1.807) is 32.4 Å². The summed E-state index contributed by atoms with van der Waals surface area (Å²) in [5.74, 6) is 0.755. The Kier molecular flexibility index (Phi) is 7.24. The lowest BCUT2D eigenvalue weighted by Crippen LogP contribution is -2.38. The van der Waals surface area contributed by atoms with E-state index in [2.05, 4.69) is 10.3 Å². The van der Waals surface area contributed by atoms with Crippen LogP contribution < -0.4 is 15.8 Å². The van der Waals surface area contributed by atoms with Crippen LogP contribution in [0.25, 0.3) is 0 Å². The van der Waals surface area contributed by atoms with Crippen LogP contribution in [0.4, 0.5) is 11.5 Å². The van der Waals surface area contributed by atoms with Gasteiger partial charge in [-0.15, -0.1) is 0 Å². The van der Waals surface area contributed by atoms with Crippen molar-refractivity contribution in [3.8, 4) is 5.75 Å². The van der Waals surface area contributed by atoms with Gasteiger partial charge >= 0.3 is 0 Å². The van der Waals surface area contributed by atoms with Crippen LogP contribution in [0.1, 0.15) is 41.2 Å². The lowest BCUT2D eigenvalue weighted by Gasteiger charge is -2.32. The van der Waals surface area contributed by atoms with Crippen molar-refractivity contribution in [1.82, 2.24) is 9.88 Å². The minimum Gasteiger partial charge on any atom is -0.495 e. The molecule has 3 N–H and O–H groups in total. The molecule has 1 aliphatic heterocycles. The number of benzene rings is 1. The fourth-order valence-corrected chi connectivity index (χ4v) is 3.62. The van der Waals surface area contributed by atoms with Gasteiger partial charge in [0.15, 0.2) is 0 Å². The number of likely N-dealkylation sites (tertiary alicyclic amines) is 1. The quantitative estimate of drug-likeness (QED) is 0.724. The van der Waals surface area contributed by atoms with Crippen molar-refractivity contribution in [2.45, 2.75) is 25.2 Å². The third kappa shape index (κ3) is 5.07. The predicted octanol–water partition coefficient (Wildman–Crippen LogP) is 2.67. The van der Waals surface area contributed by atoms with Crippen LogP contribution in [0.15, 0.2) is 36.4 Å². The summed E-state index contributed by atoms with van der Waals surface area (Å²) in [5, 5.41) is 2.81. The molecule has 2 heterocycles. The molecule has 0 saturated carbocycles. The van der Waals surface area contributed by atoms with Crippen LogP contribution in [0.5, 0.6) is 5.75 Å². The third-order valence-corrected chi connectivity index (χ3v) is 5.33. The van der Waals surface area contributed by atoms with Crippen LogP contribution in [0.2, 0.25) is 0 Å². The van der Waals surface area contributed by atoms with Crippen LogP contribution in [0, 0.1) is 0 Å². The third-order valence-electron chi connectivity index (χ3n) is 5.33. The molecule has 0 bridgehead atoms. The summed E-state index contributed by atoms with van der Waals surface area (Å²) in [5.41, 5.74) is 7.84. The number of para-hydroxylation sites is 2. The second-order valence-corrected chi connectivity index (χ2v) is 7.22. The average molecular weight is 412 g/mol. The van der Waals surface area contributed by atoms with Crippen LogP contribution in [0.3, 0.4) is 0 Å². The average Bonchev–Trinajstić information content (AvgIpc) is 2.77. The van der Waals surface area contributed by atoms with E-state index in [0.717, 1.165) is 18.5 Å². The summed E-state index contributed by atoms with van der Waals surface area (Å²) in [6.07, 6.45) is 2.04. The molecule has 8 heteroatoms. The Morgan fingerprint density at radius 3 is 2.57 bits per heavy atom. The Labute approximate surface area is 176 Å². The zero-order chi connectivity index (χ0) is 21.5. The van der Waals surface area contributed by atoms with Crippen LogP contribution in [-0.2, 0) is 9.53 Å². The minimum atomic E-state index is -0.338. The first-order valence-corrected chi connectivity index (χ1v) is 10.0. The van der Waals surface area contributed by atoms with Crippen LogP contribution >= 0.6 is 0 Å². The van der Waals surface area contributed by atoms with Gasteiger partial charge in [0, 0.05) is 31.8 Å². The van der Waals surface area contributed by atoms with Crippen molar-refractivity contribution in [3.05, 3.63) is 47.7 Å². The molecule has 2 aromatic rings. The van der Waals surface area contributed by atoms with Gasteiger partial charge in [0.25, 0.3) is 5.91 Å². The molecule has 1 saturated heterocycles. The summed E-state index contributed by atoms with van der Waals surface area (Å²) in [7, 11) is 3.14. The van der Waals surface area contributed by atoms with Gasteiger partial charge in [0.1, 0.15) is 11.6 Å². The van der Waals surface area contributed by atoms with Gasteiger partial charge in [-0.25, -0.2) is 4.98 Å². The molecule has 1 fully saturated rings. The number of hydrogen-bond acceptors (Lipinski definition) is 6. The molecule has 1 aromatic carbocycles. The van der Waals surface area contributed by atoms with Crippen LogP contribution in [-0.4, -0.2) is 55.6 Å². The van der Waals surface area contributed by atoms with Crippen molar-refractivity contribution in [1.29, 1.82) is 0 Å². The normalized spacial score (nSPS) is 14.4. The maximum atomic E-state index is 12.7. The molecule has 1 aromatic heterocycles. The monoisotopic (exact) mass is 412 g/mol. The van der Waals surface area contributed by atoms with Gasteiger partial charge in [0.2, 0.25) is 5.91 Å². The maximum absolute atomic E-state index is 12.7. The van der Waals surface area contributed by atoms with Crippen molar-refractivity contribution >= 4 is 23.3 Å². The summed E-state index contributed by atoms with van der Waals surface area (Å²) in [4.78, 5) is 31.1. The van der Waals surface area contributed by atoms with E-state index in [-0.39, 0.29) is 23.6 Å². The molecular formula is C22H28N4O4.